The van der Waals surface area contributed by atoms with Crippen LogP contribution in [0.5, 0.6) is 0 Å². The highest BCUT2D eigenvalue weighted by atomic mass is 19.3. The molecule has 0 aliphatic heterocycles. The Kier molecular flexibility index (Phi) is 3.06. The molecule has 6 heteroatoms. The Morgan fingerprint density at radius 1 is 1.73 bits per heavy atom. The van der Waals surface area contributed by atoms with Crippen molar-refractivity contribution >= 4 is 5.97 Å². The van der Waals surface area contributed by atoms with Crippen LogP contribution in [0.15, 0.2) is 12.7 Å². The van der Waals surface area contributed by atoms with Gasteiger partial charge in [0, 0.05) is 6.08 Å². The summed E-state index contributed by atoms with van der Waals surface area (Å²) < 4.78 is 38.2. The van der Waals surface area contributed by atoms with Gasteiger partial charge in [0.25, 0.3) is 0 Å². The van der Waals surface area contributed by atoms with Crippen molar-refractivity contribution in [3.8, 4) is 0 Å². The number of halogens is 3. The van der Waals surface area contributed by atoms with E-state index in [9.17, 15) is 18.0 Å². The molecule has 0 radical (unpaired) electrons. The number of esters is 1. The molecule has 3 nitrogen and oxygen atoms in total. The Labute approximate surface area is 60.1 Å². The van der Waals surface area contributed by atoms with Gasteiger partial charge >= 0.3 is 18.4 Å². The van der Waals surface area contributed by atoms with E-state index in [4.69, 9.17) is 5.11 Å². The van der Waals surface area contributed by atoms with Crippen molar-refractivity contribution in [1.82, 2.24) is 0 Å². The second-order valence-corrected chi connectivity index (χ2v) is 1.54. The van der Waals surface area contributed by atoms with E-state index in [2.05, 4.69) is 11.3 Å². The zero-order valence-corrected chi connectivity index (χ0v) is 5.26. The van der Waals surface area contributed by atoms with E-state index in [-0.39, 0.29) is 0 Å². The lowest BCUT2D eigenvalue weighted by molar-refractivity contribution is -0.297. The topological polar surface area (TPSA) is 46.5 Å². The van der Waals surface area contributed by atoms with E-state index < -0.39 is 18.4 Å². The minimum Gasteiger partial charge on any atom is -0.419 e. The standard InChI is InChI=1S/C5H5F3O3/c1-2-3(9)11-4(6)5(7,8)10/h2,4,10H,1H2. The van der Waals surface area contributed by atoms with Gasteiger partial charge in [-0.3, -0.25) is 0 Å². The fraction of sp³-hybridized carbons (Fsp3) is 0.400. The van der Waals surface area contributed by atoms with E-state index >= 15 is 0 Å². The molecule has 0 aromatic rings. The predicted molar refractivity (Wildman–Crippen MR) is 28.4 cm³/mol. The Morgan fingerprint density at radius 2 is 2.18 bits per heavy atom. The molecule has 0 saturated heterocycles. The molecule has 0 aromatic heterocycles. The number of alkyl halides is 3. The Bertz CT molecular complexity index is 163. The van der Waals surface area contributed by atoms with Crippen molar-refractivity contribution in [3.63, 3.8) is 0 Å². The van der Waals surface area contributed by atoms with Crippen LogP contribution in [0.3, 0.4) is 0 Å². The van der Waals surface area contributed by atoms with Crippen LogP contribution < -0.4 is 0 Å². The maximum Gasteiger partial charge on any atom is 0.420 e. The van der Waals surface area contributed by atoms with Gasteiger partial charge in [0.2, 0.25) is 0 Å². The summed E-state index contributed by atoms with van der Waals surface area (Å²) in [5.74, 6) is -1.37. The van der Waals surface area contributed by atoms with Gasteiger partial charge in [0.1, 0.15) is 0 Å². The van der Waals surface area contributed by atoms with E-state index in [0.717, 1.165) is 0 Å². The molecule has 1 unspecified atom stereocenters. The molecule has 0 rings (SSSR count). The summed E-state index contributed by atoms with van der Waals surface area (Å²) in [6, 6.07) is 0. The first kappa shape index (κ1) is 9.96. The van der Waals surface area contributed by atoms with Crippen LogP contribution in [0.25, 0.3) is 0 Å². The highest BCUT2D eigenvalue weighted by Crippen LogP contribution is 2.18. The van der Waals surface area contributed by atoms with Crippen molar-refractivity contribution in [1.29, 1.82) is 0 Å². The number of carbonyl (C=O) groups is 1. The smallest absolute Gasteiger partial charge is 0.419 e. The van der Waals surface area contributed by atoms with Crippen LogP contribution in [0.1, 0.15) is 0 Å². The summed E-state index contributed by atoms with van der Waals surface area (Å²) >= 11 is 0. The number of rotatable bonds is 3. The van der Waals surface area contributed by atoms with E-state index in [1.165, 1.54) is 0 Å². The second kappa shape index (κ2) is 3.38. The van der Waals surface area contributed by atoms with Gasteiger partial charge in [0.15, 0.2) is 0 Å². The van der Waals surface area contributed by atoms with Crippen LogP contribution in [0.2, 0.25) is 0 Å². The van der Waals surface area contributed by atoms with Crippen LogP contribution in [0, 0.1) is 0 Å². The number of ether oxygens (including phenoxy) is 1. The molecule has 0 heterocycles. The SMILES string of the molecule is C=CC(=O)OC(F)C(O)(F)F. The molecule has 1 N–H and O–H groups in total. The van der Waals surface area contributed by atoms with Crippen molar-refractivity contribution in [2.75, 3.05) is 0 Å². The highest BCUT2D eigenvalue weighted by Gasteiger charge is 2.40. The second-order valence-electron chi connectivity index (χ2n) is 1.54. The maximum atomic E-state index is 11.9. The summed E-state index contributed by atoms with van der Waals surface area (Å²) in [5.41, 5.74) is 0. The molecule has 0 amide bonds. The first-order valence-corrected chi connectivity index (χ1v) is 2.45. The molecule has 0 spiro atoms. The third kappa shape index (κ3) is 3.61. The summed E-state index contributed by atoms with van der Waals surface area (Å²) in [4.78, 5) is 10.0. The summed E-state index contributed by atoms with van der Waals surface area (Å²) in [6.45, 7) is 2.83. The molecular weight excluding hydrogens is 165 g/mol. The molecule has 0 bridgehead atoms. The molecule has 0 aliphatic carbocycles. The van der Waals surface area contributed by atoms with Gasteiger partial charge in [-0.15, -0.1) is 0 Å². The molecule has 64 valence electrons. The largest absolute Gasteiger partial charge is 0.420 e. The van der Waals surface area contributed by atoms with E-state index in [1.54, 1.807) is 0 Å². The molecular formula is C5H5F3O3. The van der Waals surface area contributed by atoms with Gasteiger partial charge in [-0.05, 0) is 0 Å². The lowest BCUT2D eigenvalue weighted by Crippen LogP contribution is -2.33. The minimum absolute atomic E-state index is 0.498. The molecule has 0 fully saturated rings. The van der Waals surface area contributed by atoms with Crippen LogP contribution in [-0.4, -0.2) is 23.5 Å². The third-order valence-electron chi connectivity index (χ3n) is 0.659. The van der Waals surface area contributed by atoms with Gasteiger partial charge < -0.3 is 9.84 Å². The summed E-state index contributed by atoms with van der Waals surface area (Å²) in [5, 5.41) is 7.61. The maximum absolute atomic E-state index is 11.9. The fourth-order valence-electron chi connectivity index (χ4n) is 0.221. The quantitative estimate of drug-likeness (QED) is 0.498. The zero-order chi connectivity index (χ0) is 9.07. The number of hydrogen-bond donors (Lipinski definition) is 1. The van der Waals surface area contributed by atoms with Crippen molar-refractivity contribution in [2.45, 2.75) is 12.5 Å². The molecule has 0 aromatic carbocycles. The van der Waals surface area contributed by atoms with Crippen LogP contribution >= 0.6 is 0 Å². The van der Waals surface area contributed by atoms with Crippen molar-refractivity contribution < 1.29 is 27.8 Å². The fourth-order valence-corrected chi connectivity index (χ4v) is 0.221. The Morgan fingerprint density at radius 3 is 2.45 bits per heavy atom. The summed E-state index contributed by atoms with van der Waals surface area (Å²) in [6.07, 6.45) is -7.52. The molecule has 1 atom stereocenters. The van der Waals surface area contributed by atoms with Gasteiger partial charge in [0.05, 0.1) is 0 Å². The van der Waals surface area contributed by atoms with Gasteiger partial charge in [-0.2, -0.15) is 13.2 Å². The first-order chi connectivity index (χ1) is 4.88. The normalized spacial score (nSPS) is 13.8. The average Bonchev–Trinajstić information content (AvgIpc) is 1.85. The van der Waals surface area contributed by atoms with Gasteiger partial charge in [-0.1, -0.05) is 6.58 Å². The third-order valence-corrected chi connectivity index (χ3v) is 0.659. The Hall–Kier alpha value is -1.04. The van der Waals surface area contributed by atoms with Crippen LogP contribution in [-0.2, 0) is 9.53 Å². The number of carbonyl (C=O) groups excluding carboxylic acids is 1. The zero-order valence-electron chi connectivity index (χ0n) is 5.26. The van der Waals surface area contributed by atoms with E-state index in [0.29, 0.717) is 6.08 Å². The number of hydrogen-bond acceptors (Lipinski definition) is 3. The molecule has 11 heavy (non-hydrogen) atoms. The molecule has 0 aliphatic rings. The van der Waals surface area contributed by atoms with Crippen LogP contribution in [0.4, 0.5) is 13.2 Å². The minimum atomic E-state index is -4.67. The lowest BCUT2D eigenvalue weighted by atomic mass is 10.6. The lowest BCUT2D eigenvalue weighted by Gasteiger charge is -2.12. The first-order valence-electron chi connectivity index (χ1n) is 2.45. The van der Waals surface area contributed by atoms with Crippen molar-refractivity contribution in [3.05, 3.63) is 12.7 Å². The Balaban J connectivity index is 3.97. The highest BCUT2D eigenvalue weighted by molar-refractivity contribution is 5.81. The van der Waals surface area contributed by atoms with Crippen molar-refractivity contribution in [2.24, 2.45) is 0 Å². The predicted octanol–water partition coefficient (Wildman–Crippen LogP) is 0.596. The monoisotopic (exact) mass is 170 g/mol. The average molecular weight is 170 g/mol. The van der Waals surface area contributed by atoms with E-state index in [1.807, 2.05) is 0 Å². The van der Waals surface area contributed by atoms with Gasteiger partial charge in [-0.25, -0.2) is 4.79 Å². The summed E-state index contributed by atoms with van der Waals surface area (Å²) in [7, 11) is 0. The number of aliphatic hydroxyl groups is 1. The molecule has 0 saturated carbocycles.